The van der Waals surface area contributed by atoms with Crippen LogP contribution < -0.4 is 0 Å². The van der Waals surface area contributed by atoms with Crippen LogP contribution >= 0.6 is 24.0 Å². The summed E-state index contributed by atoms with van der Waals surface area (Å²) in [7, 11) is 0. The quantitative estimate of drug-likeness (QED) is 0.648. The van der Waals surface area contributed by atoms with Crippen molar-refractivity contribution in [3.05, 3.63) is 12.2 Å². The molecule has 1 rings (SSSR count). The number of rotatable bonds is 2. The van der Waals surface area contributed by atoms with E-state index in [-0.39, 0.29) is 12.4 Å². The van der Waals surface area contributed by atoms with Crippen LogP contribution in [-0.2, 0) is 12.4 Å². The van der Waals surface area contributed by atoms with E-state index in [1.807, 2.05) is 6.92 Å². The van der Waals surface area contributed by atoms with Gasteiger partial charge in [0.15, 0.2) is 5.82 Å². The van der Waals surface area contributed by atoms with Gasteiger partial charge in [-0.05, 0) is 6.92 Å². The van der Waals surface area contributed by atoms with Crippen molar-refractivity contribution >= 4 is 24.0 Å². The molecule has 0 N–H and O–H groups in total. The third kappa shape index (κ3) is 2.15. The number of halogens is 2. The molecule has 0 aromatic carbocycles. The monoisotopic (exact) mass is 181 g/mol. The molecule has 3 nitrogen and oxygen atoms in total. The van der Waals surface area contributed by atoms with Gasteiger partial charge < -0.3 is 0 Å². The SMILES string of the molecule is CCn1cnc(CCl)n1.Cl. The van der Waals surface area contributed by atoms with Gasteiger partial charge in [0.05, 0.1) is 5.88 Å². The van der Waals surface area contributed by atoms with Gasteiger partial charge in [0.1, 0.15) is 6.33 Å². The minimum Gasteiger partial charge on any atom is -0.253 e. The average molecular weight is 182 g/mol. The van der Waals surface area contributed by atoms with E-state index in [9.17, 15) is 0 Å². The lowest BCUT2D eigenvalue weighted by atomic mass is 10.7. The maximum atomic E-state index is 5.46. The molecule has 0 unspecified atom stereocenters. The van der Waals surface area contributed by atoms with Crippen molar-refractivity contribution in [1.29, 1.82) is 0 Å². The Labute approximate surface area is 70.8 Å². The van der Waals surface area contributed by atoms with Crippen LogP contribution in [0.5, 0.6) is 0 Å². The number of hydrogen-bond donors (Lipinski definition) is 0. The Morgan fingerprint density at radius 2 is 2.40 bits per heavy atom. The Hall–Kier alpha value is -0.280. The number of nitrogens with zero attached hydrogens (tertiary/aromatic N) is 3. The molecule has 0 spiro atoms. The van der Waals surface area contributed by atoms with Crippen LogP contribution in [0.4, 0.5) is 0 Å². The molecule has 0 radical (unpaired) electrons. The number of hydrogen-bond acceptors (Lipinski definition) is 2. The summed E-state index contributed by atoms with van der Waals surface area (Å²) in [6, 6.07) is 0. The van der Waals surface area contributed by atoms with Crippen molar-refractivity contribution in [2.75, 3.05) is 0 Å². The van der Waals surface area contributed by atoms with Crippen LogP contribution in [0.3, 0.4) is 0 Å². The normalized spacial score (nSPS) is 9.00. The van der Waals surface area contributed by atoms with Crippen LogP contribution in [0.15, 0.2) is 6.33 Å². The Morgan fingerprint density at radius 1 is 1.70 bits per heavy atom. The van der Waals surface area contributed by atoms with E-state index in [1.54, 1.807) is 11.0 Å². The Balaban J connectivity index is 0.000000810. The van der Waals surface area contributed by atoms with Crippen molar-refractivity contribution in [3.63, 3.8) is 0 Å². The summed E-state index contributed by atoms with van der Waals surface area (Å²) in [5.74, 6) is 1.09. The van der Waals surface area contributed by atoms with E-state index >= 15 is 0 Å². The highest BCUT2D eigenvalue weighted by molar-refractivity contribution is 6.16. The van der Waals surface area contributed by atoms with Gasteiger partial charge in [0, 0.05) is 6.54 Å². The molecular weight excluding hydrogens is 173 g/mol. The van der Waals surface area contributed by atoms with Crippen molar-refractivity contribution in [1.82, 2.24) is 14.8 Å². The van der Waals surface area contributed by atoms with Crippen LogP contribution in [0, 0.1) is 0 Å². The molecule has 0 fully saturated rings. The second-order valence-electron chi connectivity index (χ2n) is 1.65. The van der Waals surface area contributed by atoms with E-state index in [0.717, 1.165) is 6.54 Å². The first-order valence-electron chi connectivity index (χ1n) is 2.81. The summed E-state index contributed by atoms with van der Waals surface area (Å²) >= 11 is 5.46. The fourth-order valence-corrected chi connectivity index (χ4v) is 0.669. The third-order valence-electron chi connectivity index (χ3n) is 1.03. The summed E-state index contributed by atoms with van der Waals surface area (Å²) in [5.41, 5.74) is 0. The van der Waals surface area contributed by atoms with Crippen molar-refractivity contribution in [3.8, 4) is 0 Å². The number of aryl methyl sites for hydroxylation is 1. The lowest BCUT2D eigenvalue weighted by Crippen LogP contribution is -1.94. The molecule has 0 saturated carbocycles. The fourth-order valence-electron chi connectivity index (χ4n) is 0.547. The van der Waals surface area contributed by atoms with Crippen LogP contribution in [0.1, 0.15) is 12.7 Å². The second kappa shape index (κ2) is 4.52. The topological polar surface area (TPSA) is 30.7 Å². The first-order chi connectivity index (χ1) is 4.36. The van der Waals surface area contributed by atoms with Crippen LogP contribution in [0.2, 0.25) is 0 Å². The predicted molar refractivity (Wildman–Crippen MR) is 42.5 cm³/mol. The lowest BCUT2D eigenvalue weighted by molar-refractivity contribution is 0.651. The molecule has 58 valence electrons. The van der Waals surface area contributed by atoms with Gasteiger partial charge in [-0.2, -0.15) is 5.10 Å². The molecule has 0 atom stereocenters. The molecule has 1 heterocycles. The molecule has 0 amide bonds. The average Bonchev–Trinajstić information content (AvgIpc) is 2.34. The lowest BCUT2D eigenvalue weighted by Gasteiger charge is -1.87. The van der Waals surface area contributed by atoms with Gasteiger partial charge >= 0.3 is 0 Å². The van der Waals surface area contributed by atoms with Crippen molar-refractivity contribution < 1.29 is 0 Å². The molecule has 0 aliphatic heterocycles. The molecular formula is C5H9Cl2N3. The van der Waals surface area contributed by atoms with E-state index in [4.69, 9.17) is 11.6 Å². The zero-order valence-corrected chi connectivity index (χ0v) is 7.19. The first kappa shape index (κ1) is 9.72. The molecule has 0 aliphatic carbocycles. The first-order valence-corrected chi connectivity index (χ1v) is 3.34. The summed E-state index contributed by atoms with van der Waals surface area (Å²) in [4.78, 5) is 3.93. The molecule has 1 aromatic rings. The second-order valence-corrected chi connectivity index (χ2v) is 1.92. The maximum absolute atomic E-state index is 5.46. The highest BCUT2D eigenvalue weighted by atomic mass is 35.5. The summed E-state index contributed by atoms with van der Waals surface area (Å²) in [6.45, 7) is 2.86. The summed E-state index contributed by atoms with van der Waals surface area (Å²) in [5, 5.41) is 4.02. The minimum absolute atomic E-state index is 0. The maximum Gasteiger partial charge on any atom is 0.165 e. The van der Waals surface area contributed by atoms with Gasteiger partial charge in [-0.15, -0.1) is 24.0 Å². The molecule has 0 saturated heterocycles. The van der Waals surface area contributed by atoms with Crippen LogP contribution in [0.25, 0.3) is 0 Å². The van der Waals surface area contributed by atoms with E-state index < -0.39 is 0 Å². The number of aromatic nitrogens is 3. The Kier molecular flexibility index (Phi) is 4.40. The zero-order chi connectivity index (χ0) is 6.69. The standard InChI is InChI=1S/C5H8ClN3.ClH/c1-2-9-4-7-5(3-6)8-9;/h4H,2-3H2,1H3;1H. The predicted octanol–water partition coefficient (Wildman–Crippen LogP) is 1.46. The van der Waals surface area contributed by atoms with E-state index in [2.05, 4.69) is 10.1 Å². The molecule has 10 heavy (non-hydrogen) atoms. The van der Waals surface area contributed by atoms with E-state index in [1.165, 1.54) is 0 Å². The molecule has 5 heteroatoms. The molecule has 0 aliphatic rings. The van der Waals surface area contributed by atoms with Gasteiger partial charge in [0.2, 0.25) is 0 Å². The van der Waals surface area contributed by atoms with E-state index in [0.29, 0.717) is 11.7 Å². The Morgan fingerprint density at radius 3 is 2.70 bits per heavy atom. The minimum atomic E-state index is 0. The zero-order valence-electron chi connectivity index (χ0n) is 5.62. The smallest absolute Gasteiger partial charge is 0.165 e. The summed E-state index contributed by atoms with van der Waals surface area (Å²) < 4.78 is 1.75. The molecule has 1 aromatic heterocycles. The highest BCUT2D eigenvalue weighted by Crippen LogP contribution is 1.93. The Bertz CT molecular complexity index is 168. The van der Waals surface area contributed by atoms with Gasteiger partial charge in [-0.1, -0.05) is 0 Å². The fraction of sp³-hybridized carbons (Fsp3) is 0.600. The largest absolute Gasteiger partial charge is 0.253 e. The van der Waals surface area contributed by atoms with Gasteiger partial charge in [-0.3, -0.25) is 4.68 Å². The van der Waals surface area contributed by atoms with Crippen molar-refractivity contribution in [2.45, 2.75) is 19.3 Å². The van der Waals surface area contributed by atoms with Crippen molar-refractivity contribution in [2.24, 2.45) is 0 Å². The highest BCUT2D eigenvalue weighted by Gasteiger charge is 1.94. The number of alkyl halides is 1. The van der Waals surface area contributed by atoms with Crippen LogP contribution in [-0.4, -0.2) is 14.8 Å². The van der Waals surface area contributed by atoms with Gasteiger partial charge in [0.25, 0.3) is 0 Å². The third-order valence-corrected chi connectivity index (χ3v) is 1.27. The molecule has 0 bridgehead atoms. The summed E-state index contributed by atoms with van der Waals surface area (Å²) in [6.07, 6.45) is 1.68. The van der Waals surface area contributed by atoms with Gasteiger partial charge in [-0.25, -0.2) is 4.98 Å².